The fourth-order valence-corrected chi connectivity index (χ4v) is 3.56. The Labute approximate surface area is 114 Å². The molecule has 0 unspecified atom stereocenters. The van der Waals surface area contributed by atoms with E-state index in [4.69, 9.17) is 0 Å². The van der Waals surface area contributed by atoms with Crippen LogP contribution < -0.4 is 0 Å². The summed E-state index contributed by atoms with van der Waals surface area (Å²) in [7, 11) is 3.94. The van der Waals surface area contributed by atoms with E-state index in [0.717, 1.165) is 32.2 Å². The number of carboxylic acid groups (broad SMARTS) is 1. The van der Waals surface area contributed by atoms with Crippen LogP contribution in [-0.2, 0) is 9.59 Å². The van der Waals surface area contributed by atoms with Gasteiger partial charge in [-0.15, -0.1) is 0 Å². The third-order valence-corrected chi connectivity index (χ3v) is 4.68. The Bertz CT molecular complexity index is 370. The maximum absolute atomic E-state index is 12.1. The largest absolute Gasteiger partial charge is 0.481 e. The van der Waals surface area contributed by atoms with Crippen molar-refractivity contribution in [1.82, 2.24) is 9.80 Å². The van der Waals surface area contributed by atoms with Gasteiger partial charge in [0.2, 0.25) is 5.91 Å². The van der Waals surface area contributed by atoms with Crippen LogP contribution in [0.2, 0.25) is 0 Å². The lowest BCUT2D eigenvalue weighted by atomic mass is 9.65. The monoisotopic (exact) mass is 268 g/mol. The van der Waals surface area contributed by atoms with Gasteiger partial charge in [0.1, 0.15) is 0 Å². The first kappa shape index (κ1) is 14.3. The fraction of sp³-hybridized carbons (Fsp3) is 0.857. The van der Waals surface area contributed by atoms with Gasteiger partial charge in [-0.25, -0.2) is 0 Å². The molecule has 0 spiro atoms. The Morgan fingerprint density at radius 3 is 2.79 bits per heavy atom. The van der Waals surface area contributed by atoms with E-state index < -0.39 is 11.4 Å². The maximum atomic E-state index is 12.1. The van der Waals surface area contributed by atoms with Gasteiger partial charge in [0.15, 0.2) is 0 Å². The summed E-state index contributed by atoms with van der Waals surface area (Å²) in [5.74, 6) is -0.579. The van der Waals surface area contributed by atoms with Crippen molar-refractivity contribution in [2.75, 3.05) is 27.2 Å². The first-order chi connectivity index (χ1) is 8.97. The molecular weight excluding hydrogens is 244 g/mol. The molecule has 0 aromatic carbocycles. The predicted molar refractivity (Wildman–Crippen MR) is 71.8 cm³/mol. The van der Waals surface area contributed by atoms with Crippen LogP contribution >= 0.6 is 0 Å². The first-order valence-electron chi connectivity index (χ1n) is 7.15. The Hall–Kier alpha value is -1.10. The molecule has 2 fully saturated rings. The number of amides is 1. The van der Waals surface area contributed by atoms with Crippen molar-refractivity contribution < 1.29 is 14.7 Å². The average Bonchev–Trinajstić information content (AvgIpc) is 2.37. The minimum Gasteiger partial charge on any atom is -0.481 e. The second kappa shape index (κ2) is 5.49. The number of carboxylic acids is 1. The molecule has 1 heterocycles. The smallest absolute Gasteiger partial charge is 0.311 e. The molecule has 5 heteroatoms. The number of fused-ring (bicyclic) bond motifs is 1. The lowest BCUT2D eigenvalue weighted by Gasteiger charge is -2.50. The van der Waals surface area contributed by atoms with Crippen molar-refractivity contribution >= 4 is 11.9 Å². The number of likely N-dealkylation sites (tertiary alicyclic amines) is 1. The van der Waals surface area contributed by atoms with Crippen LogP contribution in [0.4, 0.5) is 0 Å². The molecular formula is C14H24N2O3. The van der Waals surface area contributed by atoms with Gasteiger partial charge >= 0.3 is 5.97 Å². The van der Waals surface area contributed by atoms with E-state index in [1.165, 1.54) is 0 Å². The topological polar surface area (TPSA) is 60.9 Å². The van der Waals surface area contributed by atoms with Gasteiger partial charge in [-0.2, -0.15) is 0 Å². The summed E-state index contributed by atoms with van der Waals surface area (Å²) < 4.78 is 0. The quantitative estimate of drug-likeness (QED) is 0.832. The summed E-state index contributed by atoms with van der Waals surface area (Å²) in [5.41, 5.74) is -0.682. The summed E-state index contributed by atoms with van der Waals surface area (Å²) in [6, 6.07) is -0.0973. The van der Waals surface area contributed by atoms with E-state index in [0.29, 0.717) is 19.4 Å². The number of aliphatic carboxylic acids is 1. The molecule has 1 aliphatic heterocycles. The van der Waals surface area contributed by atoms with Crippen LogP contribution in [0.15, 0.2) is 0 Å². The summed E-state index contributed by atoms with van der Waals surface area (Å²) >= 11 is 0. The summed E-state index contributed by atoms with van der Waals surface area (Å²) in [4.78, 5) is 27.8. The summed E-state index contributed by atoms with van der Waals surface area (Å²) in [6.07, 6.45) is 4.47. The van der Waals surface area contributed by atoms with E-state index in [1.54, 1.807) is 0 Å². The lowest BCUT2D eigenvalue weighted by molar-refractivity contribution is -0.166. The Morgan fingerprint density at radius 1 is 1.42 bits per heavy atom. The molecule has 1 N–H and O–H groups in total. The van der Waals surface area contributed by atoms with E-state index >= 15 is 0 Å². The molecule has 1 saturated carbocycles. The third kappa shape index (κ3) is 2.61. The van der Waals surface area contributed by atoms with Gasteiger partial charge in [-0.1, -0.05) is 12.8 Å². The Kier molecular flexibility index (Phi) is 4.13. The molecule has 0 aromatic heterocycles. The molecule has 2 rings (SSSR count). The zero-order valence-corrected chi connectivity index (χ0v) is 11.9. The molecule has 0 bridgehead atoms. The Morgan fingerprint density at radius 2 is 2.16 bits per heavy atom. The van der Waals surface area contributed by atoms with Gasteiger partial charge in [0.25, 0.3) is 0 Å². The SMILES string of the molecule is CN(C)CCN1C(=O)CC[C@]2(C(=O)O)CCCC[C@@H]12. The van der Waals surface area contributed by atoms with Gasteiger partial charge in [0.05, 0.1) is 5.41 Å². The molecule has 1 amide bonds. The van der Waals surface area contributed by atoms with Crippen molar-refractivity contribution in [3.05, 3.63) is 0 Å². The molecule has 19 heavy (non-hydrogen) atoms. The van der Waals surface area contributed by atoms with E-state index in [9.17, 15) is 14.7 Å². The van der Waals surface area contributed by atoms with Gasteiger partial charge in [-0.3, -0.25) is 9.59 Å². The zero-order chi connectivity index (χ0) is 14.0. The molecule has 2 aliphatic rings. The van der Waals surface area contributed by atoms with Crippen LogP contribution in [0.5, 0.6) is 0 Å². The number of hydrogen-bond donors (Lipinski definition) is 1. The van der Waals surface area contributed by atoms with E-state index in [2.05, 4.69) is 0 Å². The number of hydrogen-bond acceptors (Lipinski definition) is 3. The summed E-state index contributed by atoms with van der Waals surface area (Å²) in [5, 5.41) is 9.66. The highest BCUT2D eigenvalue weighted by Crippen LogP contribution is 2.46. The van der Waals surface area contributed by atoms with Crippen molar-refractivity contribution in [1.29, 1.82) is 0 Å². The third-order valence-electron chi connectivity index (χ3n) is 4.68. The number of carbonyl (C=O) groups excluding carboxylic acids is 1. The highest BCUT2D eigenvalue weighted by Gasteiger charge is 2.53. The standard InChI is InChI=1S/C14H24N2O3/c1-15(2)9-10-16-11-5-3-4-7-14(11,13(18)19)8-6-12(16)17/h11H,3-10H2,1-2H3,(H,18,19)/t11-,14-/m1/s1. The van der Waals surface area contributed by atoms with Crippen molar-refractivity contribution in [3.8, 4) is 0 Å². The molecule has 2 atom stereocenters. The highest BCUT2D eigenvalue weighted by molar-refractivity contribution is 5.83. The number of rotatable bonds is 4. The summed E-state index contributed by atoms with van der Waals surface area (Å²) in [6.45, 7) is 1.43. The average molecular weight is 268 g/mol. The minimum absolute atomic E-state index is 0.0973. The highest BCUT2D eigenvalue weighted by atomic mass is 16.4. The van der Waals surface area contributed by atoms with E-state index in [-0.39, 0.29) is 11.9 Å². The van der Waals surface area contributed by atoms with E-state index in [1.807, 2.05) is 23.9 Å². The second-order valence-electron chi connectivity index (χ2n) is 6.11. The molecule has 0 aromatic rings. The van der Waals surface area contributed by atoms with Crippen molar-refractivity contribution in [3.63, 3.8) is 0 Å². The number of nitrogens with zero attached hydrogens (tertiary/aromatic N) is 2. The second-order valence-corrected chi connectivity index (χ2v) is 6.11. The number of carbonyl (C=O) groups is 2. The van der Waals surface area contributed by atoms with Crippen LogP contribution in [0.25, 0.3) is 0 Å². The number of piperidine rings is 1. The van der Waals surface area contributed by atoms with Gasteiger partial charge < -0.3 is 14.9 Å². The molecule has 1 saturated heterocycles. The number of likely N-dealkylation sites (N-methyl/N-ethyl adjacent to an activating group) is 1. The van der Waals surface area contributed by atoms with Gasteiger partial charge in [-0.05, 0) is 33.4 Å². The predicted octanol–water partition coefficient (Wildman–Crippen LogP) is 1.18. The molecule has 5 nitrogen and oxygen atoms in total. The van der Waals surface area contributed by atoms with Crippen LogP contribution in [-0.4, -0.2) is 60.0 Å². The minimum atomic E-state index is -0.709. The van der Waals surface area contributed by atoms with Crippen molar-refractivity contribution in [2.24, 2.45) is 5.41 Å². The van der Waals surface area contributed by atoms with Gasteiger partial charge in [0, 0.05) is 25.6 Å². The fourth-order valence-electron chi connectivity index (χ4n) is 3.56. The van der Waals surface area contributed by atoms with Crippen molar-refractivity contribution in [2.45, 2.75) is 44.6 Å². The Balaban J connectivity index is 2.20. The molecule has 1 aliphatic carbocycles. The van der Waals surface area contributed by atoms with Crippen LogP contribution in [0.3, 0.4) is 0 Å². The lowest BCUT2D eigenvalue weighted by Crippen LogP contribution is -2.60. The molecule has 0 radical (unpaired) electrons. The van der Waals surface area contributed by atoms with Crippen LogP contribution in [0.1, 0.15) is 38.5 Å². The normalized spacial score (nSPS) is 31.4. The first-order valence-corrected chi connectivity index (χ1v) is 7.15. The zero-order valence-electron chi connectivity index (χ0n) is 11.9. The molecule has 108 valence electrons. The maximum Gasteiger partial charge on any atom is 0.311 e. The van der Waals surface area contributed by atoms with Crippen LogP contribution in [0, 0.1) is 5.41 Å².